The van der Waals surface area contributed by atoms with Crippen LogP contribution in [0.4, 0.5) is 0 Å². The number of carbonyl (C=O) groups excluding carboxylic acids is 1. The number of fused-ring (bicyclic) bond motifs is 2. The molecule has 0 spiro atoms. The Labute approximate surface area is 160 Å². The van der Waals surface area contributed by atoms with Gasteiger partial charge in [0.15, 0.2) is 5.78 Å². The maximum absolute atomic E-state index is 11.7. The van der Waals surface area contributed by atoms with Gasteiger partial charge in [-0.25, -0.2) is 0 Å². The molecule has 0 amide bonds. The van der Waals surface area contributed by atoms with Crippen molar-refractivity contribution in [3.8, 4) is 0 Å². The maximum Gasteiger partial charge on any atom is 0.156 e. The Morgan fingerprint density at radius 3 is 3.00 bits per heavy atom. The first-order valence-electron chi connectivity index (χ1n) is 10.4. The number of nitrogens with zero attached hydrogens (tertiary/aromatic N) is 1. The Bertz CT molecular complexity index is 912. The summed E-state index contributed by atoms with van der Waals surface area (Å²) in [5.41, 5.74) is 5.06. The number of piperidine rings is 1. The number of aliphatic hydroxyl groups is 1. The number of H-pyrrole nitrogens is 1. The highest BCUT2D eigenvalue weighted by Crippen LogP contribution is 2.46. The Hall–Kier alpha value is -1.91. The van der Waals surface area contributed by atoms with Gasteiger partial charge >= 0.3 is 0 Å². The molecule has 4 nitrogen and oxygen atoms in total. The molecule has 5 rings (SSSR count). The van der Waals surface area contributed by atoms with Gasteiger partial charge in [0.1, 0.15) is 0 Å². The lowest BCUT2D eigenvalue weighted by atomic mass is 9.70. The normalized spacial score (nSPS) is 29.0. The van der Waals surface area contributed by atoms with Crippen molar-refractivity contribution < 1.29 is 9.90 Å². The highest BCUT2D eigenvalue weighted by atomic mass is 16.3. The van der Waals surface area contributed by atoms with Crippen LogP contribution < -0.4 is 0 Å². The van der Waals surface area contributed by atoms with E-state index >= 15 is 0 Å². The summed E-state index contributed by atoms with van der Waals surface area (Å²) in [5.74, 6) is 0.822. The van der Waals surface area contributed by atoms with Gasteiger partial charge in [-0.2, -0.15) is 0 Å². The summed E-state index contributed by atoms with van der Waals surface area (Å²) in [6.45, 7) is 4.23. The third-order valence-electron chi connectivity index (χ3n) is 6.95. The first-order chi connectivity index (χ1) is 13.2. The fourth-order valence-electron chi connectivity index (χ4n) is 5.76. The van der Waals surface area contributed by atoms with E-state index in [0.29, 0.717) is 18.4 Å². The number of ketones is 1. The van der Waals surface area contributed by atoms with Crippen molar-refractivity contribution in [1.82, 2.24) is 9.88 Å². The van der Waals surface area contributed by atoms with Gasteiger partial charge in [0.25, 0.3) is 0 Å². The molecule has 3 aliphatic rings. The van der Waals surface area contributed by atoms with Gasteiger partial charge in [0.2, 0.25) is 0 Å². The van der Waals surface area contributed by atoms with Gasteiger partial charge in [-0.1, -0.05) is 19.1 Å². The molecule has 1 aromatic heterocycles. The number of aromatic amines is 1. The number of hydrogen-bond donors (Lipinski definition) is 2. The monoisotopic (exact) mass is 364 g/mol. The first-order valence-corrected chi connectivity index (χ1v) is 10.4. The minimum Gasteiger partial charge on any atom is -0.388 e. The number of aromatic nitrogens is 1. The lowest BCUT2D eigenvalue weighted by Crippen LogP contribution is -2.52. The minimum absolute atomic E-state index is 0.169. The molecule has 4 atom stereocenters. The summed E-state index contributed by atoms with van der Waals surface area (Å²) in [6, 6.07) is 7.12. The van der Waals surface area contributed by atoms with E-state index in [1.54, 1.807) is 6.08 Å². The fraction of sp³-hybridized carbons (Fsp3) is 0.522. The van der Waals surface area contributed by atoms with Crippen LogP contribution in [-0.4, -0.2) is 46.0 Å². The Morgan fingerprint density at radius 2 is 2.22 bits per heavy atom. The maximum atomic E-state index is 11.7. The summed E-state index contributed by atoms with van der Waals surface area (Å²) in [4.78, 5) is 17.7. The summed E-state index contributed by atoms with van der Waals surface area (Å²) in [6.07, 6.45) is 7.91. The molecule has 1 aliphatic heterocycles. The number of rotatable bonds is 4. The van der Waals surface area contributed by atoms with Crippen LogP contribution in [0.5, 0.6) is 0 Å². The van der Waals surface area contributed by atoms with Crippen molar-refractivity contribution in [3.05, 3.63) is 47.2 Å². The second-order valence-corrected chi connectivity index (χ2v) is 8.58. The molecule has 1 fully saturated rings. The second-order valence-electron chi connectivity index (χ2n) is 8.58. The average molecular weight is 364 g/mol. The zero-order valence-electron chi connectivity index (χ0n) is 15.9. The average Bonchev–Trinajstić information content (AvgIpc) is 3.29. The molecule has 1 aromatic carbocycles. The predicted octanol–water partition coefficient (Wildman–Crippen LogP) is 3.56. The molecule has 0 radical (unpaired) electrons. The van der Waals surface area contributed by atoms with Crippen molar-refractivity contribution in [1.29, 1.82) is 0 Å². The van der Waals surface area contributed by atoms with Crippen molar-refractivity contribution in [2.24, 2.45) is 5.92 Å². The number of allylic oxidation sites excluding steroid dienone is 1. The third-order valence-corrected chi connectivity index (χ3v) is 6.95. The molecular weight excluding hydrogens is 336 g/mol. The predicted molar refractivity (Wildman–Crippen MR) is 107 cm³/mol. The summed E-state index contributed by atoms with van der Waals surface area (Å²) < 4.78 is 0. The summed E-state index contributed by atoms with van der Waals surface area (Å²) >= 11 is 0. The van der Waals surface area contributed by atoms with Crippen molar-refractivity contribution in [3.63, 3.8) is 0 Å². The molecule has 1 saturated heterocycles. The Kier molecular flexibility index (Phi) is 4.21. The number of aliphatic hydroxyl groups excluding tert-OH is 1. The first kappa shape index (κ1) is 17.2. The standard InChI is InChI=1S/C23H28N2O2/c1-2-8-25-13-16(23(27)14-6-7-17(26)9-14)10-19-18-4-3-5-20-22(18)15(12-24-20)11-21(19)25/h3-5,9,12,16,19,21,23-24,27H,2,6-8,10-11,13H2,1H3/t16?,19-,21-,23?/m1/s1. The molecule has 2 aromatic rings. The molecular formula is C23H28N2O2. The van der Waals surface area contributed by atoms with Crippen LogP contribution in [0.15, 0.2) is 36.0 Å². The molecule has 2 heterocycles. The van der Waals surface area contributed by atoms with Crippen LogP contribution in [0, 0.1) is 5.92 Å². The van der Waals surface area contributed by atoms with E-state index in [1.807, 2.05) is 0 Å². The molecule has 27 heavy (non-hydrogen) atoms. The largest absolute Gasteiger partial charge is 0.388 e. The van der Waals surface area contributed by atoms with E-state index in [-0.39, 0.29) is 11.7 Å². The number of hydrogen-bond acceptors (Lipinski definition) is 3. The smallest absolute Gasteiger partial charge is 0.156 e. The SMILES string of the molecule is CCCN1CC(C(O)C2=CC(=O)CC2)C[C@@H]2c3cccc4[nH]cc(c34)C[C@H]21. The zero-order valence-corrected chi connectivity index (χ0v) is 15.9. The van der Waals surface area contributed by atoms with Crippen molar-refractivity contribution in [2.75, 3.05) is 13.1 Å². The van der Waals surface area contributed by atoms with Crippen molar-refractivity contribution >= 4 is 16.7 Å². The van der Waals surface area contributed by atoms with E-state index in [1.165, 1.54) is 22.0 Å². The Balaban J connectivity index is 1.51. The molecule has 4 heteroatoms. The van der Waals surface area contributed by atoms with Gasteiger partial charge in [-0.15, -0.1) is 0 Å². The molecule has 142 valence electrons. The van der Waals surface area contributed by atoms with Gasteiger partial charge in [-0.3, -0.25) is 9.69 Å². The molecule has 0 bridgehead atoms. The van der Waals surface area contributed by atoms with Crippen LogP contribution in [0.2, 0.25) is 0 Å². The molecule has 0 saturated carbocycles. The summed E-state index contributed by atoms with van der Waals surface area (Å²) in [5, 5.41) is 12.5. The minimum atomic E-state index is -0.483. The van der Waals surface area contributed by atoms with Gasteiger partial charge in [0, 0.05) is 47.9 Å². The van der Waals surface area contributed by atoms with E-state index < -0.39 is 6.10 Å². The lowest BCUT2D eigenvalue weighted by molar-refractivity contribution is -0.114. The molecule has 2 N–H and O–H groups in total. The lowest BCUT2D eigenvalue weighted by Gasteiger charge is -2.48. The zero-order chi connectivity index (χ0) is 18.5. The van der Waals surface area contributed by atoms with Crippen LogP contribution in [-0.2, 0) is 11.2 Å². The molecule has 2 unspecified atom stereocenters. The van der Waals surface area contributed by atoms with E-state index in [0.717, 1.165) is 44.3 Å². The highest BCUT2D eigenvalue weighted by Gasteiger charge is 2.43. The number of benzene rings is 1. The van der Waals surface area contributed by atoms with Crippen molar-refractivity contribution in [2.45, 2.75) is 57.1 Å². The van der Waals surface area contributed by atoms with Crippen LogP contribution in [0.1, 0.15) is 49.7 Å². The highest BCUT2D eigenvalue weighted by molar-refractivity contribution is 5.93. The molecule has 2 aliphatic carbocycles. The number of nitrogens with one attached hydrogen (secondary N) is 1. The van der Waals surface area contributed by atoms with E-state index in [4.69, 9.17) is 0 Å². The number of likely N-dealkylation sites (tertiary alicyclic amines) is 1. The fourth-order valence-corrected chi connectivity index (χ4v) is 5.76. The van der Waals surface area contributed by atoms with Gasteiger partial charge in [0.05, 0.1) is 6.10 Å². The van der Waals surface area contributed by atoms with Gasteiger partial charge in [-0.05, 0) is 61.1 Å². The van der Waals surface area contributed by atoms with E-state index in [9.17, 15) is 9.90 Å². The van der Waals surface area contributed by atoms with Crippen LogP contribution in [0.25, 0.3) is 10.9 Å². The quantitative estimate of drug-likeness (QED) is 0.872. The number of carbonyl (C=O) groups is 1. The third kappa shape index (κ3) is 2.77. The second kappa shape index (κ2) is 6.61. The Morgan fingerprint density at radius 1 is 1.33 bits per heavy atom. The van der Waals surface area contributed by atoms with Gasteiger partial charge < -0.3 is 10.1 Å². The van der Waals surface area contributed by atoms with Crippen LogP contribution in [0.3, 0.4) is 0 Å². The summed E-state index contributed by atoms with van der Waals surface area (Å²) in [7, 11) is 0. The van der Waals surface area contributed by atoms with E-state index in [2.05, 4.69) is 41.2 Å². The van der Waals surface area contributed by atoms with Crippen LogP contribution >= 0.6 is 0 Å². The topological polar surface area (TPSA) is 56.3 Å².